The Bertz CT molecular complexity index is 419. The van der Waals surface area contributed by atoms with E-state index in [4.69, 9.17) is 0 Å². The van der Waals surface area contributed by atoms with Crippen LogP contribution in [0.15, 0.2) is 24.3 Å². The van der Waals surface area contributed by atoms with Crippen molar-refractivity contribution in [1.29, 1.82) is 0 Å². The molecule has 0 spiro atoms. The molecule has 0 amide bonds. The van der Waals surface area contributed by atoms with Gasteiger partial charge in [0.15, 0.2) is 0 Å². The molecule has 0 atom stereocenters. The van der Waals surface area contributed by atoms with Crippen LogP contribution in [0.2, 0.25) is 0 Å². The number of carbonyl (C=O) groups excluding carboxylic acids is 2. The van der Waals surface area contributed by atoms with Crippen molar-refractivity contribution in [3.63, 3.8) is 0 Å². The predicted octanol–water partition coefficient (Wildman–Crippen LogP) is 6.42. The third kappa shape index (κ3) is 41.8. The molecule has 0 unspecified atom stereocenters. The molecule has 0 bridgehead atoms. The van der Waals surface area contributed by atoms with Gasteiger partial charge in [-0.1, -0.05) is 129 Å². The van der Waals surface area contributed by atoms with Gasteiger partial charge >= 0.3 is 19.5 Å². The minimum absolute atomic E-state index is 0. The summed E-state index contributed by atoms with van der Waals surface area (Å²) in [7, 11) is 0. The van der Waals surface area contributed by atoms with Gasteiger partial charge in [-0.25, -0.2) is 0 Å². The van der Waals surface area contributed by atoms with E-state index in [2.05, 4.69) is 13.8 Å². The molecule has 0 radical (unpaired) electrons. The van der Waals surface area contributed by atoms with Crippen molar-refractivity contribution >= 4 is 11.9 Å². The average molecular weight is 516 g/mol. The van der Waals surface area contributed by atoms with E-state index in [0.29, 0.717) is 0 Å². The summed E-state index contributed by atoms with van der Waals surface area (Å²) in [6.45, 7) is 4.47. The first-order valence-electron chi connectivity index (χ1n) is 13.3. The monoisotopic (exact) mass is 514 g/mol. The third-order valence-corrected chi connectivity index (χ3v) is 5.46. The molecule has 0 heterocycles. The Labute approximate surface area is 217 Å². The van der Waals surface area contributed by atoms with Crippen molar-refractivity contribution in [2.24, 2.45) is 0 Å². The van der Waals surface area contributed by atoms with Crippen molar-refractivity contribution < 1.29 is 39.3 Å². The van der Waals surface area contributed by atoms with E-state index in [1.165, 1.54) is 103 Å². The number of carbonyl (C=O) groups is 2. The Kier molecular flexibility index (Phi) is 36.9. The molecule has 188 valence electrons. The fourth-order valence-corrected chi connectivity index (χ4v) is 3.50. The zero-order valence-electron chi connectivity index (χ0n) is 21.8. The molecular formula is C28H50O4Zn. The number of hydrogen-bond acceptors (Lipinski definition) is 4. The van der Waals surface area contributed by atoms with Gasteiger partial charge in [-0.05, 0) is 37.8 Å². The van der Waals surface area contributed by atoms with Crippen LogP contribution in [-0.2, 0) is 29.1 Å². The minimum atomic E-state index is -1.09. The van der Waals surface area contributed by atoms with Crippen LogP contribution in [-0.4, -0.2) is 11.9 Å². The van der Waals surface area contributed by atoms with Crippen molar-refractivity contribution in [1.82, 2.24) is 0 Å². The first-order chi connectivity index (χ1) is 15.5. The van der Waals surface area contributed by atoms with Gasteiger partial charge in [-0.2, -0.15) is 0 Å². The topological polar surface area (TPSA) is 80.3 Å². The van der Waals surface area contributed by atoms with Gasteiger partial charge in [-0.3, -0.25) is 0 Å². The van der Waals surface area contributed by atoms with Gasteiger partial charge in [0.25, 0.3) is 0 Å². The predicted molar refractivity (Wildman–Crippen MR) is 132 cm³/mol. The molecule has 0 fully saturated rings. The van der Waals surface area contributed by atoms with Crippen LogP contribution in [0.5, 0.6) is 0 Å². The molecule has 0 aliphatic carbocycles. The number of unbranched alkanes of at least 4 members (excludes halogenated alkanes) is 18. The Hall–Kier alpha value is -0.957. The Balaban J connectivity index is -0.000000529. The van der Waals surface area contributed by atoms with Crippen LogP contribution in [0.4, 0.5) is 0 Å². The third-order valence-electron chi connectivity index (χ3n) is 5.46. The molecule has 0 aromatic rings. The maximum Gasteiger partial charge on any atom is 2.00 e. The molecule has 0 N–H and O–H groups in total. The van der Waals surface area contributed by atoms with Crippen molar-refractivity contribution in [2.75, 3.05) is 0 Å². The molecule has 0 aromatic carbocycles. The summed E-state index contributed by atoms with van der Waals surface area (Å²) in [6.07, 6.45) is 30.8. The van der Waals surface area contributed by atoms with E-state index < -0.39 is 11.9 Å². The molecule has 0 aliphatic rings. The van der Waals surface area contributed by atoms with Crippen molar-refractivity contribution in [2.45, 2.75) is 142 Å². The fourth-order valence-electron chi connectivity index (χ4n) is 3.50. The summed E-state index contributed by atoms with van der Waals surface area (Å²) < 4.78 is 0. The van der Waals surface area contributed by atoms with Gasteiger partial charge < -0.3 is 19.8 Å². The summed E-state index contributed by atoms with van der Waals surface area (Å²) in [5.74, 6) is -2.17. The summed E-state index contributed by atoms with van der Waals surface area (Å²) in [6, 6.07) is 0. The molecule has 0 saturated carbocycles. The van der Waals surface area contributed by atoms with Gasteiger partial charge in [0.1, 0.15) is 0 Å². The number of hydrogen-bond donors (Lipinski definition) is 0. The first kappa shape index (κ1) is 36.6. The van der Waals surface area contributed by atoms with Crippen LogP contribution >= 0.6 is 0 Å². The summed E-state index contributed by atoms with van der Waals surface area (Å²) in [5.41, 5.74) is 0. The van der Waals surface area contributed by atoms with Crippen molar-refractivity contribution in [3.8, 4) is 0 Å². The number of rotatable bonds is 22. The first-order valence-corrected chi connectivity index (χ1v) is 13.3. The SMILES string of the molecule is CCCCCCCCCCCC=CC(=O)[O-].CCCCCCCCCCCC=CC(=O)[O-].[Zn+2]. The summed E-state index contributed by atoms with van der Waals surface area (Å²) in [4.78, 5) is 20.1. The van der Waals surface area contributed by atoms with E-state index in [1.54, 1.807) is 12.2 Å². The number of carboxylic acids is 2. The maximum atomic E-state index is 10.1. The minimum Gasteiger partial charge on any atom is -0.545 e. The quantitative estimate of drug-likeness (QED) is 0.0945. The maximum absolute atomic E-state index is 10.1. The fraction of sp³-hybridized carbons (Fsp3) is 0.786. The molecule has 33 heavy (non-hydrogen) atoms. The standard InChI is InChI=1S/2C14H26O2.Zn/c2*1-2-3-4-5-6-7-8-9-10-11-12-13-14(15)16;/h2*12-13H,2-11H2,1H3,(H,15,16);/q;;+2/p-2. The summed E-state index contributed by atoms with van der Waals surface area (Å²) in [5, 5.41) is 20.1. The zero-order valence-corrected chi connectivity index (χ0v) is 24.8. The molecular weight excluding hydrogens is 466 g/mol. The van der Waals surface area contributed by atoms with Crippen LogP contribution in [0.3, 0.4) is 0 Å². The van der Waals surface area contributed by atoms with Gasteiger partial charge in [0.2, 0.25) is 0 Å². The molecule has 5 heteroatoms. The van der Waals surface area contributed by atoms with E-state index in [1.807, 2.05) is 0 Å². The molecule has 0 aromatic heterocycles. The molecule has 0 saturated heterocycles. The molecule has 0 aliphatic heterocycles. The van der Waals surface area contributed by atoms with Gasteiger partial charge in [-0.15, -0.1) is 0 Å². The smallest absolute Gasteiger partial charge is 0.545 e. The van der Waals surface area contributed by atoms with Crippen LogP contribution in [0.1, 0.15) is 142 Å². The second-order valence-electron chi connectivity index (χ2n) is 8.68. The molecule has 0 rings (SSSR count). The van der Waals surface area contributed by atoms with Crippen LogP contribution in [0.25, 0.3) is 0 Å². The van der Waals surface area contributed by atoms with E-state index in [0.717, 1.165) is 37.8 Å². The van der Waals surface area contributed by atoms with Gasteiger partial charge in [0.05, 0.1) is 11.9 Å². The Morgan fingerprint density at radius 1 is 0.485 bits per heavy atom. The van der Waals surface area contributed by atoms with Crippen LogP contribution in [0, 0.1) is 0 Å². The van der Waals surface area contributed by atoms with Gasteiger partial charge in [0, 0.05) is 0 Å². The number of allylic oxidation sites excluding steroid dienone is 2. The Morgan fingerprint density at radius 3 is 0.970 bits per heavy atom. The second-order valence-corrected chi connectivity index (χ2v) is 8.68. The zero-order chi connectivity index (χ0) is 24.1. The van der Waals surface area contributed by atoms with Crippen LogP contribution < -0.4 is 10.2 Å². The number of aliphatic carboxylic acids is 2. The summed E-state index contributed by atoms with van der Waals surface area (Å²) >= 11 is 0. The molecule has 4 nitrogen and oxygen atoms in total. The average Bonchev–Trinajstić information content (AvgIpc) is 2.76. The number of carboxylic acid groups (broad SMARTS) is 2. The van der Waals surface area contributed by atoms with E-state index in [-0.39, 0.29) is 19.5 Å². The largest absolute Gasteiger partial charge is 2.00 e. The van der Waals surface area contributed by atoms with Crippen molar-refractivity contribution in [3.05, 3.63) is 24.3 Å². The Morgan fingerprint density at radius 2 is 0.727 bits per heavy atom. The normalized spacial score (nSPS) is 10.7. The van der Waals surface area contributed by atoms with E-state index in [9.17, 15) is 19.8 Å². The second kappa shape index (κ2) is 33.2. The van der Waals surface area contributed by atoms with E-state index >= 15 is 0 Å².